The van der Waals surface area contributed by atoms with Crippen molar-refractivity contribution in [1.82, 2.24) is 4.90 Å². The number of amides is 1. The van der Waals surface area contributed by atoms with Gasteiger partial charge in [-0.1, -0.05) is 35.9 Å². The topological polar surface area (TPSA) is 57.7 Å². The zero-order valence-corrected chi connectivity index (χ0v) is 18.5. The first-order chi connectivity index (χ1) is 13.8. The average molecular weight is 449 g/mol. The summed E-state index contributed by atoms with van der Waals surface area (Å²) >= 11 is 7.79. The van der Waals surface area contributed by atoms with Crippen molar-refractivity contribution in [2.45, 2.75) is 18.4 Å². The van der Waals surface area contributed by atoms with Crippen LogP contribution in [-0.4, -0.2) is 32.8 Å². The van der Waals surface area contributed by atoms with E-state index in [0.717, 1.165) is 4.88 Å². The van der Waals surface area contributed by atoms with E-state index in [1.165, 1.54) is 27.4 Å². The van der Waals surface area contributed by atoms with E-state index in [0.29, 0.717) is 12.2 Å². The molecule has 3 rings (SSSR count). The van der Waals surface area contributed by atoms with E-state index >= 15 is 0 Å². The van der Waals surface area contributed by atoms with Crippen molar-refractivity contribution < 1.29 is 13.2 Å². The van der Waals surface area contributed by atoms with E-state index in [-0.39, 0.29) is 27.9 Å². The van der Waals surface area contributed by atoms with Crippen molar-refractivity contribution in [2.75, 3.05) is 17.9 Å². The average Bonchev–Trinajstić information content (AvgIpc) is 3.22. The third-order valence-electron chi connectivity index (χ3n) is 4.41. The molecule has 8 heteroatoms. The van der Waals surface area contributed by atoms with Crippen molar-refractivity contribution >= 4 is 44.6 Å². The molecule has 1 aromatic heterocycles. The van der Waals surface area contributed by atoms with Gasteiger partial charge in [0.05, 0.1) is 27.7 Å². The van der Waals surface area contributed by atoms with Crippen LogP contribution in [0.3, 0.4) is 0 Å². The highest BCUT2D eigenvalue weighted by Crippen LogP contribution is 2.27. The van der Waals surface area contributed by atoms with Gasteiger partial charge in [-0.05, 0) is 48.7 Å². The number of sulfonamides is 1. The van der Waals surface area contributed by atoms with E-state index in [1.54, 1.807) is 49.6 Å². The molecule has 0 aliphatic heterocycles. The Morgan fingerprint density at radius 3 is 2.41 bits per heavy atom. The third kappa shape index (κ3) is 4.63. The predicted octanol–water partition coefficient (Wildman–Crippen LogP) is 4.89. The minimum atomic E-state index is -3.85. The number of anilines is 1. The summed E-state index contributed by atoms with van der Waals surface area (Å²) < 4.78 is 27.8. The second kappa shape index (κ2) is 8.98. The molecule has 5 nitrogen and oxygen atoms in total. The van der Waals surface area contributed by atoms with E-state index in [2.05, 4.69) is 0 Å². The molecule has 0 saturated carbocycles. The SMILES string of the molecule is CCN(c1ccccc1)S(=O)(=O)c1ccc(Cl)c(C(=O)N(C)Cc2cccs2)c1. The highest BCUT2D eigenvalue weighted by molar-refractivity contribution is 7.92. The maximum atomic E-state index is 13.2. The standard InChI is InChI=1S/C21H21ClN2O3S2/c1-3-24(16-8-5-4-6-9-16)29(26,27)18-11-12-20(22)19(14-18)21(25)23(2)15-17-10-7-13-28-17/h4-14H,3,15H2,1-2H3. The van der Waals surface area contributed by atoms with Crippen LogP contribution in [0.15, 0.2) is 70.9 Å². The number of thiophene rings is 1. The fourth-order valence-electron chi connectivity index (χ4n) is 2.96. The Morgan fingerprint density at radius 2 is 1.79 bits per heavy atom. The number of benzene rings is 2. The second-order valence-electron chi connectivity index (χ2n) is 6.39. The van der Waals surface area contributed by atoms with Crippen LogP contribution in [0.1, 0.15) is 22.2 Å². The van der Waals surface area contributed by atoms with Crippen LogP contribution in [0.25, 0.3) is 0 Å². The summed E-state index contributed by atoms with van der Waals surface area (Å²) in [6.45, 7) is 2.45. The highest BCUT2D eigenvalue weighted by atomic mass is 35.5. The zero-order chi connectivity index (χ0) is 21.0. The number of para-hydroxylation sites is 1. The van der Waals surface area contributed by atoms with Crippen molar-refractivity contribution in [1.29, 1.82) is 0 Å². The molecule has 0 spiro atoms. The van der Waals surface area contributed by atoms with E-state index in [1.807, 2.05) is 23.6 Å². The molecule has 0 fully saturated rings. The van der Waals surface area contributed by atoms with Gasteiger partial charge in [0.25, 0.3) is 15.9 Å². The van der Waals surface area contributed by atoms with Crippen LogP contribution < -0.4 is 4.31 Å². The fraction of sp³-hybridized carbons (Fsp3) is 0.190. The monoisotopic (exact) mass is 448 g/mol. The zero-order valence-electron chi connectivity index (χ0n) is 16.1. The number of rotatable bonds is 7. The van der Waals surface area contributed by atoms with Crippen LogP contribution in [-0.2, 0) is 16.6 Å². The Labute approximate surface area is 180 Å². The molecular weight excluding hydrogens is 428 g/mol. The van der Waals surface area contributed by atoms with Gasteiger partial charge in [0.2, 0.25) is 0 Å². The minimum Gasteiger partial charge on any atom is -0.337 e. The summed E-state index contributed by atoms with van der Waals surface area (Å²) in [5.41, 5.74) is 0.726. The van der Waals surface area contributed by atoms with Crippen LogP contribution in [0, 0.1) is 0 Å². The quantitative estimate of drug-likeness (QED) is 0.517. The second-order valence-corrected chi connectivity index (χ2v) is 9.69. The molecule has 0 radical (unpaired) electrons. The molecule has 0 aliphatic rings. The maximum absolute atomic E-state index is 13.2. The summed E-state index contributed by atoms with van der Waals surface area (Å²) in [5.74, 6) is -0.330. The summed E-state index contributed by atoms with van der Waals surface area (Å²) in [4.78, 5) is 15.5. The molecule has 0 bridgehead atoms. The molecule has 1 amide bonds. The van der Waals surface area contributed by atoms with Crippen LogP contribution in [0.4, 0.5) is 5.69 Å². The number of carbonyl (C=O) groups excluding carboxylic acids is 1. The molecule has 152 valence electrons. The molecule has 3 aromatic rings. The Hall–Kier alpha value is -2.35. The number of hydrogen-bond donors (Lipinski definition) is 0. The summed E-state index contributed by atoms with van der Waals surface area (Å²) in [6.07, 6.45) is 0. The molecule has 2 aromatic carbocycles. The Kier molecular flexibility index (Phi) is 6.62. The lowest BCUT2D eigenvalue weighted by Crippen LogP contribution is -2.31. The lowest BCUT2D eigenvalue weighted by Gasteiger charge is -2.23. The van der Waals surface area contributed by atoms with Crippen LogP contribution >= 0.6 is 22.9 Å². The summed E-state index contributed by atoms with van der Waals surface area (Å²) in [5, 5.41) is 2.16. The van der Waals surface area contributed by atoms with Crippen molar-refractivity contribution in [3.05, 3.63) is 81.5 Å². The molecule has 0 N–H and O–H groups in total. The molecule has 0 aliphatic carbocycles. The molecule has 0 unspecified atom stereocenters. The van der Waals surface area contributed by atoms with Crippen LogP contribution in [0.2, 0.25) is 5.02 Å². The van der Waals surface area contributed by atoms with E-state index in [9.17, 15) is 13.2 Å². The first kappa shape index (κ1) is 21.4. The van der Waals surface area contributed by atoms with Gasteiger partial charge in [0, 0.05) is 18.5 Å². The van der Waals surface area contributed by atoms with Crippen molar-refractivity contribution in [3.63, 3.8) is 0 Å². The summed E-state index contributed by atoms with van der Waals surface area (Å²) in [7, 11) is -2.18. The van der Waals surface area contributed by atoms with Crippen LogP contribution in [0.5, 0.6) is 0 Å². The number of nitrogens with zero attached hydrogens (tertiary/aromatic N) is 2. The largest absolute Gasteiger partial charge is 0.337 e. The number of hydrogen-bond acceptors (Lipinski definition) is 4. The lowest BCUT2D eigenvalue weighted by molar-refractivity contribution is 0.0786. The van der Waals surface area contributed by atoms with Gasteiger partial charge in [-0.15, -0.1) is 11.3 Å². The molecule has 29 heavy (non-hydrogen) atoms. The molecular formula is C21H21ClN2O3S2. The Morgan fingerprint density at radius 1 is 1.07 bits per heavy atom. The minimum absolute atomic E-state index is 0.0282. The van der Waals surface area contributed by atoms with Gasteiger partial charge in [-0.25, -0.2) is 8.42 Å². The maximum Gasteiger partial charge on any atom is 0.264 e. The Bertz CT molecular complexity index is 1080. The Balaban J connectivity index is 1.94. The highest BCUT2D eigenvalue weighted by Gasteiger charge is 2.26. The van der Waals surface area contributed by atoms with Gasteiger partial charge < -0.3 is 4.90 Å². The molecule has 0 atom stereocenters. The van der Waals surface area contributed by atoms with Gasteiger partial charge in [-0.2, -0.15) is 0 Å². The molecule has 1 heterocycles. The first-order valence-corrected chi connectivity index (χ1v) is 11.7. The molecule has 0 saturated heterocycles. The normalized spacial score (nSPS) is 11.3. The smallest absolute Gasteiger partial charge is 0.264 e. The van der Waals surface area contributed by atoms with Gasteiger partial charge in [-0.3, -0.25) is 9.10 Å². The lowest BCUT2D eigenvalue weighted by atomic mass is 10.2. The number of halogens is 1. The van der Waals surface area contributed by atoms with Crippen molar-refractivity contribution in [3.8, 4) is 0 Å². The number of carbonyl (C=O) groups is 1. The summed E-state index contributed by atoms with van der Waals surface area (Å²) in [6, 6.07) is 17.0. The van der Waals surface area contributed by atoms with Gasteiger partial charge in [0.1, 0.15) is 0 Å². The fourth-order valence-corrected chi connectivity index (χ4v) is 5.41. The van der Waals surface area contributed by atoms with Crippen molar-refractivity contribution in [2.24, 2.45) is 0 Å². The first-order valence-electron chi connectivity index (χ1n) is 8.99. The van der Waals surface area contributed by atoms with E-state index in [4.69, 9.17) is 11.6 Å². The van der Waals surface area contributed by atoms with Gasteiger partial charge in [0.15, 0.2) is 0 Å². The third-order valence-corrected chi connectivity index (χ3v) is 7.50. The predicted molar refractivity (Wildman–Crippen MR) is 118 cm³/mol. The van der Waals surface area contributed by atoms with E-state index < -0.39 is 10.0 Å². The van der Waals surface area contributed by atoms with Gasteiger partial charge >= 0.3 is 0 Å².